The zero-order valence-electron chi connectivity index (χ0n) is 5.16. The predicted octanol–water partition coefficient (Wildman–Crippen LogP) is 2.23. The molecular weight excluding hydrogens is 120 g/mol. The van der Waals surface area contributed by atoms with Gasteiger partial charge in [0.25, 0.3) is 0 Å². The monoisotopic (exact) mass is 128 g/mol. The van der Waals surface area contributed by atoms with Crippen LogP contribution in [0.15, 0.2) is 0 Å². The quantitative estimate of drug-likeness (QED) is 0.439. The molecule has 1 heteroatoms. The van der Waals surface area contributed by atoms with Gasteiger partial charge in [-0.3, -0.25) is 0 Å². The van der Waals surface area contributed by atoms with Gasteiger partial charge in [-0.1, -0.05) is 19.8 Å². The van der Waals surface area contributed by atoms with Crippen LogP contribution < -0.4 is 0 Å². The topological polar surface area (TPSA) is 0 Å². The van der Waals surface area contributed by atoms with E-state index in [1.54, 1.807) is 0 Å². The first-order valence-electron chi connectivity index (χ1n) is 2.78. The lowest BCUT2D eigenvalue weighted by molar-refractivity contribution is 0.617. The third kappa shape index (κ3) is 0.980. The lowest BCUT2D eigenvalue weighted by Crippen LogP contribution is -1.85. The molecule has 0 aliphatic heterocycles. The molecule has 8 heavy (non-hydrogen) atoms. The third-order valence-corrected chi connectivity index (χ3v) is 1.85. The summed E-state index contributed by atoms with van der Waals surface area (Å²) < 4.78 is 0. The summed E-state index contributed by atoms with van der Waals surface area (Å²) in [7, 11) is 0. The molecule has 0 aromatic carbocycles. The van der Waals surface area contributed by atoms with Crippen molar-refractivity contribution in [3.63, 3.8) is 0 Å². The predicted molar refractivity (Wildman–Crippen MR) is 35.5 cm³/mol. The van der Waals surface area contributed by atoms with Crippen molar-refractivity contribution in [1.29, 1.82) is 0 Å². The van der Waals surface area contributed by atoms with Crippen molar-refractivity contribution in [1.82, 2.24) is 0 Å². The molecule has 0 bridgehead atoms. The van der Waals surface area contributed by atoms with Crippen LogP contribution in [0.25, 0.3) is 0 Å². The normalized spacial score (nSPS) is 30.6. The maximum atomic E-state index is 5.20. The summed E-state index contributed by atoms with van der Waals surface area (Å²) in [6, 6.07) is 0. The van der Waals surface area contributed by atoms with E-state index in [0.717, 1.165) is 0 Å². The van der Waals surface area contributed by atoms with E-state index in [1.165, 1.54) is 6.42 Å². The van der Waals surface area contributed by atoms with Crippen LogP contribution in [0.3, 0.4) is 0 Å². The highest BCUT2D eigenvalue weighted by Gasteiger charge is 2.44. The van der Waals surface area contributed by atoms with Crippen molar-refractivity contribution in [2.75, 3.05) is 0 Å². The summed E-state index contributed by atoms with van der Waals surface area (Å²) >= 11 is 5.20. The number of hydrogen-bond donors (Lipinski definition) is 0. The largest absolute Gasteiger partial charge is 0.0819 e. The molecule has 1 fully saturated rings. The summed E-state index contributed by atoms with van der Waals surface area (Å²) in [5, 5.41) is 2.41. The third-order valence-electron chi connectivity index (χ3n) is 1.74. The number of halogens is 1. The van der Waals surface area contributed by atoms with Crippen molar-refractivity contribution in [2.24, 2.45) is 11.3 Å². The summed E-state index contributed by atoms with van der Waals surface area (Å²) in [5.74, 6) is 3.49. The minimum absolute atomic E-state index is 0.460. The van der Waals surface area contributed by atoms with E-state index in [9.17, 15) is 0 Å². The van der Waals surface area contributed by atoms with Crippen LogP contribution in [0, 0.1) is 22.6 Å². The molecule has 0 N–H and O–H groups in total. The average Bonchev–Trinajstić information content (AvgIpc) is 2.15. The summed E-state index contributed by atoms with van der Waals surface area (Å²) in [4.78, 5) is 0. The molecule has 0 radical (unpaired) electrons. The Bertz CT molecular complexity index is 148. The van der Waals surface area contributed by atoms with E-state index in [0.29, 0.717) is 11.3 Å². The molecule has 0 aromatic heterocycles. The summed E-state index contributed by atoms with van der Waals surface area (Å²) in [5.41, 5.74) is 0.460. The van der Waals surface area contributed by atoms with E-state index in [1.807, 2.05) is 0 Å². The van der Waals surface area contributed by atoms with Crippen LogP contribution in [0.4, 0.5) is 0 Å². The Morgan fingerprint density at radius 1 is 1.62 bits per heavy atom. The first kappa shape index (κ1) is 5.98. The second-order valence-corrected chi connectivity index (χ2v) is 3.17. The molecule has 0 heterocycles. The molecule has 0 saturated heterocycles. The van der Waals surface area contributed by atoms with Crippen molar-refractivity contribution in [3.8, 4) is 11.3 Å². The van der Waals surface area contributed by atoms with Gasteiger partial charge in [-0.25, -0.2) is 0 Å². The highest BCUT2D eigenvalue weighted by atomic mass is 35.5. The van der Waals surface area contributed by atoms with Gasteiger partial charge in [0.05, 0.1) is 0 Å². The number of rotatable bonds is 0. The zero-order chi connectivity index (χ0) is 6.20. The fraction of sp³-hybridized carbons (Fsp3) is 0.714. The Kier molecular flexibility index (Phi) is 1.25. The fourth-order valence-electron chi connectivity index (χ4n) is 0.779. The van der Waals surface area contributed by atoms with Gasteiger partial charge in [0.15, 0.2) is 0 Å². The average molecular weight is 129 g/mol. The zero-order valence-corrected chi connectivity index (χ0v) is 5.92. The van der Waals surface area contributed by atoms with Gasteiger partial charge in [0.2, 0.25) is 0 Å². The molecule has 1 rings (SSSR count). The number of hydrogen-bond acceptors (Lipinski definition) is 0. The molecule has 0 nitrogen and oxygen atoms in total. The van der Waals surface area contributed by atoms with E-state index in [4.69, 9.17) is 11.6 Å². The van der Waals surface area contributed by atoms with E-state index < -0.39 is 0 Å². The van der Waals surface area contributed by atoms with Gasteiger partial charge in [-0.05, 0) is 23.4 Å². The van der Waals surface area contributed by atoms with Crippen LogP contribution >= 0.6 is 11.6 Å². The molecule has 0 spiro atoms. The van der Waals surface area contributed by atoms with Crippen molar-refractivity contribution in [3.05, 3.63) is 0 Å². The van der Waals surface area contributed by atoms with Crippen LogP contribution in [-0.4, -0.2) is 0 Å². The Balaban J connectivity index is 2.45. The van der Waals surface area contributed by atoms with Gasteiger partial charge in [-0.2, -0.15) is 0 Å². The fourth-order valence-corrected chi connectivity index (χ4v) is 0.911. The molecule has 44 valence electrons. The lowest BCUT2D eigenvalue weighted by atomic mass is 10.1. The van der Waals surface area contributed by atoms with Crippen LogP contribution in [0.2, 0.25) is 0 Å². The Morgan fingerprint density at radius 3 is 2.25 bits per heavy atom. The Morgan fingerprint density at radius 2 is 2.12 bits per heavy atom. The SMILES string of the molecule is CC1(C)CC1C#CCl. The van der Waals surface area contributed by atoms with Crippen molar-refractivity contribution >= 4 is 11.6 Å². The smallest absolute Gasteiger partial charge is 0.0272 e. The maximum absolute atomic E-state index is 5.20. The van der Waals surface area contributed by atoms with Gasteiger partial charge in [0, 0.05) is 11.3 Å². The van der Waals surface area contributed by atoms with Gasteiger partial charge in [0.1, 0.15) is 0 Å². The lowest BCUT2D eigenvalue weighted by Gasteiger charge is -1.91. The van der Waals surface area contributed by atoms with Gasteiger partial charge >= 0.3 is 0 Å². The molecule has 1 saturated carbocycles. The van der Waals surface area contributed by atoms with E-state index >= 15 is 0 Å². The van der Waals surface area contributed by atoms with Crippen molar-refractivity contribution in [2.45, 2.75) is 20.3 Å². The molecule has 1 aliphatic rings. The first-order chi connectivity index (χ1) is 3.67. The van der Waals surface area contributed by atoms with E-state index in [-0.39, 0.29) is 0 Å². The molecule has 1 aliphatic carbocycles. The van der Waals surface area contributed by atoms with Crippen LogP contribution in [-0.2, 0) is 0 Å². The molecule has 1 unspecified atom stereocenters. The van der Waals surface area contributed by atoms with Crippen LogP contribution in [0.1, 0.15) is 20.3 Å². The van der Waals surface area contributed by atoms with Crippen molar-refractivity contribution < 1.29 is 0 Å². The molecule has 0 aromatic rings. The first-order valence-corrected chi connectivity index (χ1v) is 3.16. The molecule has 0 amide bonds. The minimum Gasteiger partial charge on any atom is -0.0819 e. The highest BCUT2D eigenvalue weighted by molar-refractivity contribution is 6.30. The second kappa shape index (κ2) is 1.67. The maximum Gasteiger partial charge on any atom is 0.0272 e. The Labute approximate surface area is 55.2 Å². The highest BCUT2D eigenvalue weighted by Crippen LogP contribution is 2.50. The summed E-state index contributed by atoms with van der Waals surface area (Å²) in [6.45, 7) is 4.41. The second-order valence-electron chi connectivity index (χ2n) is 2.98. The van der Waals surface area contributed by atoms with Gasteiger partial charge in [-0.15, -0.1) is 0 Å². The molecule has 1 atom stereocenters. The minimum atomic E-state index is 0.460. The van der Waals surface area contributed by atoms with Gasteiger partial charge < -0.3 is 0 Å². The van der Waals surface area contributed by atoms with E-state index in [2.05, 4.69) is 25.1 Å². The van der Waals surface area contributed by atoms with Crippen LogP contribution in [0.5, 0.6) is 0 Å². The molecular formula is C7H9Cl. The summed E-state index contributed by atoms with van der Waals surface area (Å²) in [6.07, 6.45) is 1.22. The standard InChI is InChI=1S/C7H9Cl/c1-7(2)5-6(7)3-4-8/h6H,5H2,1-2H3. The Hall–Kier alpha value is -0.150.